The number of para-hydroxylation sites is 1. The van der Waals surface area contributed by atoms with Crippen LogP contribution in [0.4, 0.5) is 5.69 Å². The van der Waals surface area contributed by atoms with E-state index in [0.29, 0.717) is 5.92 Å². The Hall–Kier alpha value is -2.29. The SMILES string of the molecule is COc1ccc(C2CC2C(=O)Nc2c(C)cccc2C)cc1. The molecule has 1 saturated carbocycles. The highest BCUT2D eigenvalue weighted by atomic mass is 16.5. The van der Waals surface area contributed by atoms with Crippen LogP contribution < -0.4 is 10.1 Å². The first kappa shape index (κ1) is 14.6. The molecule has 3 nitrogen and oxygen atoms in total. The number of ether oxygens (including phenoxy) is 1. The van der Waals surface area contributed by atoms with Gasteiger partial charge in [0.2, 0.25) is 5.91 Å². The van der Waals surface area contributed by atoms with Crippen LogP contribution in [0.25, 0.3) is 0 Å². The van der Waals surface area contributed by atoms with Crippen LogP contribution in [0.15, 0.2) is 42.5 Å². The fraction of sp³-hybridized carbons (Fsp3) is 0.316. The van der Waals surface area contributed by atoms with Gasteiger partial charge in [-0.25, -0.2) is 0 Å². The standard InChI is InChI=1S/C19H21NO2/c1-12-5-4-6-13(2)18(12)20-19(21)17-11-16(17)14-7-9-15(22-3)10-8-14/h4-10,16-17H,11H2,1-3H3,(H,20,21). The maximum Gasteiger partial charge on any atom is 0.228 e. The third kappa shape index (κ3) is 2.84. The summed E-state index contributed by atoms with van der Waals surface area (Å²) in [5, 5.41) is 3.10. The third-order valence-electron chi connectivity index (χ3n) is 4.40. The van der Waals surface area contributed by atoms with Crippen LogP contribution in [0.1, 0.15) is 29.0 Å². The molecular weight excluding hydrogens is 274 g/mol. The summed E-state index contributed by atoms with van der Waals surface area (Å²) in [6.45, 7) is 4.05. The summed E-state index contributed by atoms with van der Waals surface area (Å²) in [4.78, 5) is 12.5. The molecule has 1 amide bonds. The Bertz CT molecular complexity index is 671. The van der Waals surface area contributed by atoms with Crippen LogP contribution in [0.2, 0.25) is 0 Å². The first-order valence-electron chi connectivity index (χ1n) is 7.61. The van der Waals surface area contributed by atoms with E-state index in [9.17, 15) is 4.79 Å². The summed E-state index contributed by atoms with van der Waals surface area (Å²) in [6, 6.07) is 14.1. The van der Waals surface area contributed by atoms with Crippen molar-refractivity contribution < 1.29 is 9.53 Å². The van der Waals surface area contributed by atoms with E-state index in [2.05, 4.69) is 17.4 Å². The van der Waals surface area contributed by atoms with E-state index in [0.717, 1.165) is 29.0 Å². The van der Waals surface area contributed by atoms with E-state index in [1.165, 1.54) is 5.56 Å². The van der Waals surface area contributed by atoms with Crippen molar-refractivity contribution in [1.29, 1.82) is 0 Å². The lowest BCUT2D eigenvalue weighted by molar-refractivity contribution is -0.117. The Morgan fingerprint density at radius 1 is 1.09 bits per heavy atom. The van der Waals surface area contributed by atoms with E-state index in [4.69, 9.17) is 4.74 Å². The largest absolute Gasteiger partial charge is 0.497 e. The highest BCUT2D eigenvalue weighted by Crippen LogP contribution is 2.48. The predicted octanol–water partition coefficient (Wildman–Crippen LogP) is 4.05. The summed E-state index contributed by atoms with van der Waals surface area (Å²) in [6.07, 6.45) is 0.920. The van der Waals surface area contributed by atoms with Crippen LogP contribution in [0.3, 0.4) is 0 Å². The van der Waals surface area contributed by atoms with Gasteiger partial charge in [-0.2, -0.15) is 0 Å². The van der Waals surface area contributed by atoms with Gasteiger partial charge in [0.05, 0.1) is 7.11 Å². The monoisotopic (exact) mass is 295 g/mol. The number of hydrogen-bond donors (Lipinski definition) is 1. The van der Waals surface area contributed by atoms with Gasteiger partial charge in [-0.05, 0) is 55.0 Å². The second-order valence-electron chi connectivity index (χ2n) is 5.98. The number of amides is 1. The number of nitrogens with one attached hydrogen (secondary N) is 1. The molecule has 0 heterocycles. The van der Waals surface area contributed by atoms with E-state index in [-0.39, 0.29) is 11.8 Å². The first-order chi connectivity index (χ1) is 10.6. The third-order valence-corrected chi connectivity index (χ3v) is 4.40. The number of carbonyl (C=O) groups is 1. The minimum Gasteiger partial charge on any atom is -0.497 e. The van der Waals surface area contributed by atoms with Gasteiger partial charge in [0.15, 0.2) is 0 Å². The fourth-order valence-electron chi connectivity index (χ4n) is 2.93. The zero-order chi connectivity index (χ0) is 15.7. The molecule has 0 aromatic heterocycles. The van der Waals surface area contributed by atoms with Crippen LogP contribution in [0, 0.1) is 19.8 Å². The van der Waals surface area contributed by atoms with Crippen molar-refractivity contribution in [2.45, 2.75) is 26.2 Å². The molecular formula is C19H21NO2. The molecule has 0 radical (unpaired) electrons. The molecule has 22 heavy (non-hydrogen) atoms. The van der Waals surface area contributed by atoms with Crippen molar-refractivity contribution in [3.8, 4) is 5.75 Å². The molecule has 3 heteroatoms. The highest BCUT2D eigenvalue weighted by Gasteiger charge is 2.44. The molecule has 3 rings (SSSR count). The zero-order valence-corrected chi connectivity index (χ0v) is 13.2. The van der Waals surface area contributed by atoms with Gasteiger partial charge in [0.25, 0.3) is 0 Å². The second-order valence-corrected chi connectivity index (χ2v) is 5.98. The summed E-state index contributed by atoms with van der Waals surface area (Å²) >= 11 is 0. The summed E-state index contributed by atoms with van der Waals surface area (Å²) in [5.74, 6) is 1.38. The molecule has 0 spiro atoms. The molecule has 1 N–H and O–H groups in total. The highest BCUT2D eigenvalue weighted by molar-refractivity contribution is 5.96. The summed E-state index contributed by atoms with van der Waals surface area (Å²) in [5.41, 5.74) is 4.38. The Labute approximate surface area is 131 Å². The number of hydrogen-bond acceptors (Lipinski definition) is 2. The lowest BCUT2D eigenvalue weighted by Crippen LogP contribution is -2.16. The average molecular weight is 295 g/mol. The Balaban J connectivity index is 1.67. The quantitative estimate of drug-likeness (QED) is 0.924. The number of aryl methyl sites for hydroxylation is 2. The van der Waals surface area contributed by atoms with Gasteiger partial charge in [-0.3, -0.25) is 4.79 Å². The van der Waals surface area contributed by atoms with Gasteiger partial charge in [-0.15, -0.1) is 0 Å². The van der Waals surface area contributed by atoms with Crippen molar-refractivity contribution in [3.05, 3.63) is 59.2 Å². The van der Waals surface area contributed by atoms with Crippen LogP contribution >= 0.6 is 0 Å². The molecule has 2 aromatic rings. The lowest BCUT2D eigenvalue weighted by Gasteiger charge is -2.11. The van der Waals surface area contributed by atoms with E-state index < -0.39 is 0 Å². The molecule has 2 aromatic carbocycles. The number of methoxy groups -OCH3 is 1. The molecule has 0 saturated heterocycles. The van der Waals surface area contributed by atoms with Crippen molar-refractivity contribution in [2.75, 3.05) is 12.4 Å². The molecule has 1 aliphatic rings. The maximum atomic E-state index is 12.5. The number of anilines is 1. The fourth-order valence-corrected chi connectivity index (χ4v) is 2.93. The van der Waals surface area contributed by atoms with Gasteiger partial charge in [-0.1, -0.05) is 30.3 Å². The number of benzene rings is 2. The van der Waals surface area contributed by atoms with Crippen molar-refractivity contribution in [3.63, 3.8) is 0 Å². The van der Waals surface area contributed by atoms with Gasteiger partial charge >= 0.3 is 0 Å². The van der Waals surface area contributed by atoms with E-state index in [1.807, 2.05) is 44.2 Å². The Morgan fingerprint density at radius 3 is 2.32 bits per heavy atom. The number of carbonyl (C=O) groups excluding carboxylic acids is 1. The summed E-state index contributed by atoms with van der Waals surface area (Å²) < 4.78 is 5.17. The molecule has 0 bridgehead atoms. The van der Waals surface area contributed by atoms with E-state index >= 15 is 0 Å². The lowest BCUT2D eigenvalue weighted by atomic mass is 10.1. The van der Waals surface area contributed by atoms with Gasteiger partial charge in [0.1, 0.15) is 5.75 Å². The van der Waals surface area contributed by atoms with E-state index in [1.54, 1.807) is 7.11 Å². The topological polar surface area (TPSA) is 38.3 Å². The molecule has 0 aliphatic heterocycles. The first-order valence-corrected chi connectivity index (χ1v) is 7.61. The molecule has 1 fully saturated rings. The summed E-state index contributed by atoms with van der Waals surface area (Å²) in [7, 11) is 1.66. The Morgan fingerprint density at radius 2 is 1.73 bits per heavy atom. The second kappa shape index (κ2) is 5.84. The molecule has 114 valence electrons. The molecule has 2 atom stereocenters. The zero-order valence-electron chi connectivity index (χ0n) is 13.2. The normalized spacial score (nSPS) is 19.6. The predicted molar refractivity (Wildman–Crippen MR) is 88.4 cm³/mol. The van der Waals surface area contributed by atoms with Gasteiger partial charge in [0, 0.05) is 11.6 Å². The minimum absolute atomic E-state index is 0.0763. The Kier molecular flexibility index (Phi) is 3.88. The van der Waals surface area contributed by atoms with Crippen molar-refractivity contribution in [1.82, 2.24) is 0 Å². The smallest absolute Gasteiger partial charge is 0.228 e. The van der Waals surface area contributed by atoms with Crippen LogP contribution in [-0.4, -0.2) is 13.0 Å². The molecule has 1 aliphatic carbocycles. The maximum absolute atomic E-state index is 12.5. The average Bonchev–Trinajstić information content (AvgIpc) is 3.32. The van der Waals surface area contributed by atoms with Crippen LogP contribution in [0.5, 0.6) is 5.75 Å². The van der Waals surface area contributed by atoms with Crippen LogP contribution in [-0.2, 0) is 4.79 Å². The van der Waals surface area contributed by atoms with Crippen molar-refractivity contribution >= 4 is 11.6 Å². The molecule has 2 unspecified atom stereocenters. The number of rotatable bonds is 4. The van der Waals surface area contributed by atoms with Crippen molar-refractivity contribution in [2.24, 2.45) is 5.92 Å². The van der Waals surface area contributed by atoms with Gasteiger partial charge < -0.3 is 10.1 Å². The minimum atomic E-state index is 0.0763.